The third-order valence-electron chi connectivity index (χ3n) is 4.89. The summed E-state index contributed by atoms with van der Waals surface area (Å²) in [6, 6.07) is 15.0. The standard InChI is InChI=1S/C22H25NO4/c1-26-19-12-8-16(14-20(19)27-2)9-13-21(24)23-15-22(25,18-10-11-18)17-6-4-3-5-7-17/h3-9,12-14,18,25H,10-11,15H2,1-2H3,(H,23,24)/b13-9+. The molecule has 1 saturated carbocycles. The molecule has 0 aliphatic heterocycles. The SMILES string of the molecule is COc1ccc(/C=C/C(=O)NCC(O)(c2ccccc2)C2CC2)cc1OC. The number of hydrogen-bond donors (Lipinski definition) is 2. The number of methoxy groups -OCH3 is 2. The van der Waals surface area contributed by atoms with Crippen molar-refractivity contribution in [2.24, 2.45) is 5.92 Å². The summed E-state index contributed by atoms with van der Waals surface area (Å²) in [6.07, 6.45) is 5.11. The number of nitrogens with one attached hydrogen (secondary N) is 1. The largest absolute Gasteiger partial charge is 0.493 e. The second kappa shape index (κ2) is 8.27. The molecule has 0 aromatic heterocycles. The first-order valence-corrected chi connectivity index (χ1v) is 9.02. The van der Waals surface area contributed by atoms with Crippen LogP contribution >= 0.6 is 0 Å². The van der Waals surface area contributed by atoms with Gasteiger partial charge >= 0.3 is 0 Å². The summed E-state index contributed by atoms with van der Waals surface area (Å²) in [4.78, 5) is 12.2. The molecule has 0 saturated heterocycles. The van der Waals surface area contributed by atoms with Crippen molar-refractivity contribution >= 4 is 12.0 Å². The zero-order valence-corrected chi connectivity index (χ0v) is 15.6. The fourth-order valence-corrected chi connectivity index (χ4v) is 3.18. The molecule has 2 aromatic carbocycles. The molecule has 5 heteroatoms. The molecule has 2 N–H and O–H groups in total. The van der Waals surface area contributed by atoms with Crippen LogP contribution in [0, 0.1) is 5.92 Å². The van der Waals surface area contributed by atoms with Gasteiger partial charge in [0.05, 0.1) is 20.8 Å². The van der Waals surface area contributed by atoms with Crippen LogP contribution in [0.15, 0.2) is 54.6 Å². The minimum absolute atomic E-state index is 0.190. The lowest BCUT2D eigenvalue weighted by molar-refractivity contribution is -0.118. The molecule has 2 aromatic rings. The number of rotatable bonds is 8. The van der Waals surface area contributed by atoms with Gasteiger partial charge in [-0.1, -0.05) is 36.4 Å². The minimum atomic E-state index is -1.02. The molecule has 5 nitrogen and oxygen atoms in total. The first kappa shape index (κ1) is 19.0. The predicted molar refractivity (Wildman–Crippen MR) is 105 cm³/mol. The highest BCUT2D eigenvalue weighted by molar-refractivity contribution is 5.91. The van der Waals surface area contributed by atoms with Gasteiger partial charge in [-0.2, -0.15) is 0 Å². The van der Waals surface area contributed by atoms with Crippen molar-refractivity contribution in [1.82, 2.24) is 5.32 Å². The summed E-state index contributed by atoms with van der Waals surface area (Å²) in [5.41, 5.74) is 0.647. The molecule has 1 aliphatic rings. The van der Waals surface area contributed by atoms with Crippen LogP contribution in [0.5, 0.6) is 11.5 Å². The van der Waals surface area contributed by atoms with E-state index in [9.17, 15) is 9.90 Å². The Morgan fingerprint density at radius 3 is 2.48 bits per heavy atom. The first-order valence-electron chi connectivity index (χ1n) is 9.02. The monoisotopic (exact) mass is 367 g/mol. The highest BCUT2D eigenvalue weighted by Gasteiger charge is 2.45. The van der Waals surface area contributed by atoms with Crippen LogP contribution in [-0.2, 0) is 10.4 Å². The lowest BCUT2D eigenvalue weighted by Gasteiger charge is -2.29. The fourth-order valence-electron chi connectivity index (χ4n) is 3.18. The van der Waals surface area contributed by atoms with E-state index >= 15 is 0 Å². The molecule has 3 rings (SSSR count). The molecular weight excluding hydrogens is 342 g/mol. The van der Waals surface area contributed by atoms with E-state index in [1.165, 1.54) is 6.08 Å². The Hall–Kier alpha value is -2.79. The Balaban J connectivity index is 1.64. The van der Waals surface area contributed by atoms with Crippen LogP contribution in [-0.4, -0.2) is 31.8 Å². The molecule has 1 atom stereocenters. The van der Waals surface area contributed by atoms with Gasteiger partial charge in [0.2, 0.25) is 5.91 Å². The number of ether oxygens (including phenoxy) is 2. The summed E-state index contributed by atoms with van der Waals surface area (Å²) in [6.45, 7) is 0.191. The quantitative estimate of drug-likeness (QED) is 0.704. The van der Waals surface area contributed by atoms with Crippen molar-refractivity contribution < 1.29 is 19.4 Å². The normalized spacial score (nSPS) is 16.0. The predicted octanol–water partition coefficient (Wildman–Crippen LogP) is 3.13. The third-order valence-corrected chi connectivity index (χ3v) is 4.89. The summed E-state index contributed by atoms with van der Waals surface area (Å²) >= 11 is 0. The van der Waals surface area contributed by atoms with Gasteiger partial charge in [0.1, 0.15) is 5.60 Å². The van der Waals surface area contributed by atoms with Crippen molar-refractivity contribution in [2.75, 3.05) is 20.8 Å². The number of hydrogen-bond acceptors (Lipinski definition) is 4. The molecular formula is C22H25NO4. The molecule has 142 valence electrons. The van der Waals surface area contributed by atoms with Crippen LogP contribution in [0.3, 0.4) is 0 Å². The molecule has 1 fully saturated rings. The lowest BCUT2D eigenvalue weighted by atomic mass is 9.88. The summed E-state index contributed by atoms with van der Waals surface area (Å²) in [5, 5.41) is 13.9. The smallest absolute Gasteiger partial charge is 0.244 e. The summed E-state index contributed by atoms with van der Waals surface area (Å²) < 4.78 is 10.5. The van der Waals surface area contributed by atoms with E-state index < -0.39 is 5.60 Å². The van der Waals surface area contributed by atoms with E-state index in [4.69, 9.17) is 9.47 Å². The maximum absolute atomic E-state index is 12.2. The molecule has 0 radical (unpaired) electrons. The topological polar surface area (TPSA) is 67.8 Å². The maximum atomic E-state index is 12.2. The molecule has 0 bridgehead atoms. The average Bonchev–Trinajstić information content (AvgIpc) is 3.56. The summed E-state index contributed by atoms with van der Waals surface area (Å²) in [5.74, 6) is 1.18. The van der Waals surface area contributed by atoms with Crippen molar-refractivity contribution in [3.05, 3.63) is 65.7 Å². The van der Waals surface area contributed by atoms with E-state index in [0.29, 0.717) is 11.5 Å². The molecule has 0 heterocycles. The Bertz CT molecular complexity index is 814. The fraction of sp³-hybridized carbons (Fsp3) is 0.318. The van der Waals surface area contributed by atoms with Crippen LogP contribution < -0.4 is 14.8 Å². The van der Waals surface area contributed by atoms with Gasteiger partial charge in [0.15, 0.2) is 11.5 Å². The number of amides is 1. The van der Waals surface area contributed by atoms with Gasteiger partial charge in [-0.05, 0) is 48.1 Å². The molecule has 27 heavy (non-hydrogen) atoms. The van der Waals surface area contributed by atoms with Crippen molar-refractivity contribution in [3.63, 3.8) is 0 Å². The van der Waals surface area contributed by atoms with E-state index in [2.05, 4.69) is 5.32 Å². The Labute approximate surface area is 159 Å². The Morgan fingerprint density at radius 1 is 1.15 bits per heavy atom. The number of aliphatic hydroxyl groups is 1. The van der Waals surface area contributed by atoms with Gasteiger partial charge in [-0.25, -0.2) is 0 Å². The number of benzene rings is 2. The van der Waals surface area contributed by atoms with Crippen molar-refractivity contribution in [2.45, 2.75) is 18.4 Å². The second-order valence-corrected chi connectivity index (χ2v) is 6.73. The van der Waals surface area contributed by atoms with Crippen molar-refractivity contribution in [1.29, 1.82) is 0 Å². The Kier molecular flexibility index (Phi) is 5.81. The van der Waals surface area contributed by atoms with Crippen LogP contribution in [0.4, 0.5) is 0 Å². The average molecular weight is 367 g/mol. The molecule has 1 aliphatic carbocycles. The second-order valence-electron chi connectivity index (χ2n) is 6.73. The van der Waals surface area contributed by atoms with E-state index in [1.807, 2.05) is 36.4 Å². The van der Waals surface area contributed by atoms with Gasteiger partial charge < -0.3 is 19.9 Å². The zero-order chi connectivity index (χ0) is 19.3. The van der Waals surface area contributed by atoms with Crippen LogP contribution in [0.2, 0.25) is 0 Å². The molecule has 0 spiro atoms. The van der Waals surface area contributed by atoms with Gasteiger partial charge in [0, 0.05) is 6.08 Å². The summed E-state index contributed by atoms with van der Waals surface area (Å²) in [7, 11) is 3.15. The first-order chi connectivity index (χ1) is 13.1. The Morgan fingerprint density at radius 2 is 1.85 bits per heavy atom. The van der Waals surface area contributed by atoms with Crippen LogP contribution in [0.1, 0.15) is 24.0 Å². The third kappa shape index (κ3) is 4.49. The van der Waals surface area contributed by atoms with Crippen molar-refractivity contribution in [3.8, 4) is 11.5 Å². The minimum Gasteiger partial charge on any atom is -0.493 e. The zero-order valence-electron chi connectivity index (χ0n) is 15.6. The molecule has 1 unspecified atom stereocenters. The molecule has 1 amide bonds. The highest BCUT2D eigenvalue weighted by atomic mass is 16.5. The lowest BCUT2D eigenvalue weighted by Crippen LogP contribution is -2.42. The van der Waals surface area contributed by atoms with Gasteiger partial charge in [-0.15, -0.1) is 0 Å². The highest BCUT2D eigenvalue weighted by Crippen LogP contribution is 2.45. The van der Waals surface area contributed by atoms with Crippen LogP contribution in [0.25, 0.3) is 6.08 Å². The maximum Gasteiger partial charge on any atom is 0.244 e. The van der Waals surface area contributed by atoms with Gasteiger partial charge in [-0.3, -0.25) is 4.79 Å². The van der Waals surface area contributed by atoms with E-state index in [-0.39, 0.29) is 18.4 Å². The van der Waals surface area contributed by atoms with Gasteiger partial charge in [0.25, 0.3) is 0 Å². The number of carbonyl (C=O) groups is 1. The number of carbonyl (C=O) groups excluding carboxylic acids is 1. The van der Waals surface area contributed by atoms with E-state index in [0.717, 1.165) is 24.0 Å². The van der Waals surface area contributed by atoms with E-state index in [1.54, 1.807) is 32.4 Å².